The van der Waals surface area contributed by atoms with Crippen molar-refractivity contribution in [2.24, 2.45) is 0 Å². The molecule has 5 aromatic carbocycles. The van der Waals surface area contributed by atoms with Gasteiger partial charge in [-0.25, -0.2) is 0 Å². The van der Waals surface area contributed by atoms with Crippen molar-refractivity contribution in [3.63, 3.8) is 0 Å². The lowest BCUT2D eigenvalue weighted by Crippen LogP contribution is -2.59. The highest BCUT2D eigenvalue weighted by atomic mass is 15.0. The van der Waals surface area contributed by atoms with Crippen LogP contribution in [0.15, 0.2) is 72.8 Å². The quantitative estimate of drug-likeness (QED) is 0.158. The summed E-state index contributed by atoms with van der Waals surface area (Å²) in [6.45, 7) is 9.29. The van der Waals surface area contributed by atoms with E-state index in [0.717, 1.165) is 0 Å². The fourth-order valence-corrected chi connectivity index (χ4v) is 10.3. The lowest BCUT2D eigenvalue weighted by atomic mass is 9.34. The van der Waals surface area contributed by atoms with Gasteiger partial charge in [-0.1, -0.05) is 104 Å². The second-order valence-corrected chi connectivity index (χ2v) is 16.1. The van der Waals surface area contributed by atoms with Crippen LogP contribution in [0.1, 0.15) is 104 Å². The van der Waals surface area contributed by atoms with Crippen LogP contribution in [0.25, 0.3) is 55.0 Å². The van der Waals surface area contributed by atoms with Crippen molar-refractivity contribution in [3.8, 4) is 11.4 Å². The van der Waals surface area contributed by atoms with Crippen LogP contribution < -0.4 is 16.4 Å². The minimum atomic E-state index is 0.205. The third kappa shape index (κ3) is 4.40. The third-order valence-corrected chi connectivity index (χ3v) is 12.5. The van der Waals surface area contributed by atoms with Crippen molar-refractivity contribution in [1.82, 2.24) is 9.13 Å². The average Bonchev–Trinajstić information content (AvgIpc) is 3.57. The van der Waals surface area contributed by atoms with Gasteiger partial charge in [-0.3, -0.25) is 0 Å². The number of hydrogen-bond donors (Lipinski definition) is 0. The van der Waals surface area contributed by atoms with Crippen molar-refractivity contribution >= 4 is 66.7 Å². The van der Waals surface area contributed by atoms with E-state index in [4.69, 9.17) is 0 Å². The Labute approximate surface area is 291 Å². The molecule has 2 aliphatic heterocycles. The van der Waals surface area contributed by atoms with Crippen LogP contribution in [0.5, 0.6) is 0 Å². The zero-order valence-corrected chi connectivity index (χ0v) is 29.8. The van der Waals surface area contributed by atoms with Gasteiger partial charge < -0.3 is 9.13 Å². The van der Waals surface area contributed by atoms with Crippen molar-refractivity contribution in [2.75, 3.05) is 0 Å². The van der Waals surface area contributed by atoms with Gasteiger partial charge in [0.25, 0.3) is 6.71 Å². The number of fused-ring (bicyclic) bond motifs is 10. The maximum Gasteiger partial charge on any atom is 0.252 e. The Balaban J connectivity index is 1.33. The van der Waals surface area contributed by atoms with Crippen LogP contribution >= 0.6 is 0 Å². The molecule has 1 fully saturated rings. The summed E-state index contributed by atoms with van der Waals surface area (Å²) in [5.74, 6) is 0.595. The van der Waals surface area contributed by atoms with Crippen molar-refractivity contribution in [1.29, 1.82) is 0 Å². The molecule has 3 aliphatic rings. The van der Waals surface area contributed by atoms with E-state index in [-0.39, 0.29) is 6.71 Å². The lowest BCUT2D eigenvalue weighted by Gasteiger charge is -2.35. The van der Waals surface area contributed by atoms with Crippen LogP contribution in [-0.2, 0) is 0 Å². The molecule has 0 atom stereocenters. The predicted molar refractivity (Wildman–Crippen MR) is 212 cm³/mol. The number of benzene rings is 5. The Morgan fingerprint density at radius 1 is 0.469 bits per heavy atom. The monoisotopic (exact) mass is 638 g/mol. The smallest absolute Gasteiger partial charge is 0.252 e. The van der Waals surface area contributed by atoms with Crippen LogP contribution in [0.3, 0.4) is 0 Å². The summed E-state index contributed by atoms with van der Waals surface area (Å²) >= 11 is 0. The van der Waals surface area contributed by atoms with Crippen LogP contribution in [0.2, 0.25) is 0 Å². The molecule has 2 aromatic heterocycles. The molecular formula is C46H47BN2. The summed E-state index contributed by atoms with van der Waals surface area (Å²) < 4.78 is 5.36. The first kappa shape index (κ1) is 29.7. The number of aryl methyl sites for hydroxylation is 4. The predicted octanol–water partition coefficient (Wildman–Crippen LogP) is 10.6. The summed E-state index contributed by atoms with van der Waals surface area (Å²) in [4.78, 5) is 0. The average molecular weight is 639 g/mol. The Bertz CT molecular complexity index is 2320. The van der Waals surface area contributed by atoms with Crippen molar-refractivity contribution < 1.29 is 0 Å². The highest BCUT2D eigenvalue weighted by Gasteiger charge is 2.41. The van der Waals surface area contributed by atoms with E-state index in [1.165, 1.54) is 164 Å². The van der Waals surface area contributed by atoms with E-state index in [0.29, 0.717) is 5.92 Å². The van der Waals surface area contributed by atoms with Crippen LogP contribution in [0.4, 0.5) is 0 Å². The van der Waals surface area contributed by atoms with Gasteiger partial charge in [-0.2, -0.15) is 0 Å². The largest absolute Gasteiger partial charge is 0.310 e. The lowest BCUT2D eigenvalue weighted by molar-refractivity contribution is 0.467. The molecule has 1 saturated carbocycles. The van der Waals surface area contributed by atoms with Gasteiger partial charge in [0, 0.05) is 44.0 Å². The molecular weight excluding hydrogens is 591 g/mol. The molecule has 2 nitrogen and oxygen atoms in total. The van der Waals surface area contributed by atoms with E-state index >= 15 is 0 Å². The van der Waals surface area contributed by atoms with E-state index < -0.39 is 0 Å². The van der Waals surface area contributed by atoms with Crippen molar-refractivity contribution in [2.45, 2.75) is 104 Å². The second kappa shape index (κ2) is 11.1. The summed E-state index contributed by atoms with van der Waals surface area (Å²) in [7, 11) is 0. The Morgan fingerprint density at radius 3 is 1.37 bits per heavy atom. The molecule has 0 bridgehead atoms. The molecule has 0 radical (unpaired) electrons. The minimum Gasteiger partial charge on any atom is -0.310 e. The van der Waals surface area contributed by atoms with Gasteiger partial charge >= 0.3 is 0 Å². The van der Waals surface area contributed by atoms with Gasteiger partial charge in [-0.15, -0.1) is 0 Å². The van der Waals surface area contributed by atoms with Gasteiger partial charge in [0.05, 0.1) is 11.0 Å². The fourth-order valence-electron chi connectivity index (χ4n) is 10.3. The van der Waals surface area contributed by atoms with E-state index in [1.807, 2.05) is 0 Å². The fraction of sp³-hybridized carbons (Fsp3) is 0.348. The Hall–Kier alpha value is -4.24. The number of aromatic nitrogens is 2. The molecule has 1 aliphatic carbocycles. The molecule has 0 unspecified atom stereocenters. The molecule has 0 saturated heterocycles. The molecule has 244 valence electrons. The second-order valence-electron chi connectivity index (χ2n) is 16.1. The van der Waals surface area contributed by atoms with Gasteiger partial charge in [0.1, 0.15) is 0 Å². The molecule has 7 aromatic rings. The third-order valence-electron chi connectivity index (χ3n) is 12.5. The van der Waals surface area contributed by atoms with Crippen LogP contribution in [-0.4, -0.2) is 15.8 Å². The number of nitrogens with zero attached hydrogens (tertiary/aromatic N) is 2. The maximum atomic E-state index is 2.68. The SMILES string of the molecule is Cc1ccc2c(c1)c1cc(C)cc3c1n2-c1cc(C2CCCCCCCCCCC2)cc2c1B3c1cc(C)cc3c4cc(C)ccc4n-2c13. The highest BCUT2D eigenvalue weighted by Crippen LogP contribution is 2.42. The molecule has 0 spiro atoms. The van der Waals surface area contributed by atoms with Crippen molar-refractivity contribution in [3.05, 3.63) is 101 Å². The minimum absolute atomic E-state index is 0.205. The molecule has 49 heavy (non-hydrogen) atoms. The summed E-state index contributed by atoms with van der Waals surface area (Å²) in [6.07, 6.45) is 15.1. The van der Waals surface area contributed by atoms with Gasteiger partial charge in [0.15, 0.2) is 0 Å². The van der Waals surface area contributed by atoms with Gasteiger partial charge in [-0.05, 0) is 117 Å². The normalized spacial score (nSPS) is 16.8. The van der Waals surface area contributed by atoms with E-state index in [2.05, 4.69) is 110 Å². The first-order valence-corrected chi connectivity index (χ1v) is 19.3. The molecule has 4 heterocycles. The molecule has 3 heteroatoms. The maximum absolute atomic E-state index is 2.68. The first-order valence-electron chi connectivity index (χ1n) is 19.3. The highest BCUT2D eigenvalue weighted by molar-refractivity contribution is 7.00. The summed E-state index contributed by atoms with van der Waals surface area (Å²) in [6, 6.07) is 29.5. The van der Waals surface area contributed by atoms with E-state index in [1.54, 1.807) is 5.56 Å². The number of rotatable bonds is 1. The standard InChI is InChI=1S/C46H47BN2/c1-28-16-18-40-34(20-28)36-22-30(3)24-38-45(36)48(40)42-26-33(32-14-12-10-8-6-5-7-9-11-13-15-32)27-43-44(42)47(38)39-25-31(4)23-37-35-21-29(2)17-19-41(35)49(43)46(37)39/h16-27,32H,5-15H2,1-4H3. The van der Waals surface area contributed by atoms with Crippen LogP contribution in [0, 0.1) is 27.7 Å². The molecule has 0 amide bonds. The van der Waals surface area contributed by atoms with Gasteiger partial charge in [0.2, 0.25) is 0 Å². The Morgan fingerprint density at radius 2 is 0.898 bits per heavy atom. The summed E-state index contributed by atoms with van der Waals surface area (Å²) in [5, 5.41) is 5.59. The molecule has 0 N–H and O–H groups in total. The first-order chi connectivity index (χ1) is 24.0. The number of hydrogen-bond acceptors (Lipinski definition) is 0. The Kier molecular flexibility index (Phi) is 6.74. The molecule has 10 rings (SSSR count). The van der Waals surface area contributed by atoms with E-state index in [9.17, 15) is 0 Å². The zero-order chi connectivity index (χ0) is 33.0. The zero-order valence-electron chi connectivity index (χ0n) is 29.8. The topological polar surface area (TPSA) is 9.86 Å². The summed E-state index contributed by atoms with van der Waals surface area (Å²) in [5.41, 5.74) is 19.7.